The van der Waals surface area contributed by atoms with E-state index in [0.29, 0.717) is 0 Å². The quantitative estimate of drug-likeness (QED) is 0.383. The number of halogens is 18. The maximum absolute atomic E-state index is 12.8. The summed E-state index contributed by atoms with van der Waals surface area (Å²) in [5, 5.41) is 0. The highest BCUT2D eigenvalue weighted by atomic mass is 19.4. The smallest absolute Gasteiger partial charge is 0.241 e. The molecule has 4 nitrogen and oxygen atoms in total. The van der Waals surface area contributed by atoms with Crippen molar-refractivity contribution in [2.45, 2.75) is 49.4 Å². The minimum Gasteiger partial charge on any atom is -0.241 e. The van der Waals surface area contributed by atoms with E-state index in [9.17, 15) is 79.0 Å². The molecule has 0 aliphatic heterocycles. The Bertz CT molecular complexity index is 538. The van der Waals surface area contributed by atoms with Crippen LogP contribution in [0.4, 0.5) is 79.0 Å². The van der Waals surface area contributed by atoms with Crippen molar-refractivity contribution in [3.05, 3.63) is 0 Å². The number of hydrogen-bond acceptors (Lipinski definition) is 4. The van der Waals surface area contributed by atoms with Gasteiger partial charge in [-0.2, -0.15) is 52.7 Å². The molecule has 0 amide bonds. The molecule has 0 N–H and O–H groups in total. The van der Waals surface area contributed by atoms with Crippen LogP contribution in [-0.2, 0) is 18.9 Å². The Hall–Kier alpha value is -1.42. The SMILES string of the molecule is FC(F)(F)OC(F)(F)C(F)(F)OC(F)(F)C(F)(F)OC(F)(F)C(F)(F)OC(F)(F)F. The molecular formula is C8F18O4. The standard InChI is InChI=1S/C8F18O4/c9-1(10,27-3(13,14)5(17,18)29-7(21,22)23)2(11,12)28-4(15,16)6(19,20)30-8(24,25)26. The van der Waals surface area contributed by atoms with E-state index in [-0.39, 0.29) is 0 Å². The Morgan fingerprint density at radius 1 is 0.233 bits per heavy atom. The average molecular weight is 502 g/mol. The van der Waals surface area contributed by atoms with Crippen molar-refractivity contribution in [3.8, 4) is 0 Å². The normalized spacial score (nSPS) is 16.2. The minimum atomic E-state index is -7.62. The molecule has 182 valence electrons. The molecule has 0 radical (unpaired) electrons. The Kier molecular flexibility index (Phi) is 7.26. The zero-order chi connectivity index (χ0) is 24.8. The third-order valence-corrected chi connectivity index (χ3v) is 2.02. The van der Waals surface area contributed by atoms with Gasteiger partial charge in [-0.3, -0.25) is 0 Å². The van der Waals surface area contributed by atoms with Crippen molar-refractivity contribution in [2.24, 2.45) is 0 Å². The zero-order valence-electron chi connectivity index (χ0n) is 12.4. The molecule has 0 rings (SSSR count). The fourth-order valence-corrected chi connectivity index (χ4v) is 0.969. The van der Waals surface area contributed by atoms with Gasteiger partial charge in [0.2, 0.25) is 0 Å². The summed E-state index contributed by atoms with van der Waals surface area (Å²) in [7, 11) is 0. The molecule has 0 saturated carbocycles. The second kappa shape index (κ2) is 7.62. The zero-order valence-corrected chi connectivity index (χ0v) is 12.4. The van der Waals surface area contributed by atoms with Crippen molar-refractivity contribution in [2.75, 3.05) is 0 Å². The third-order valence-electron chi connectivity index (χ3n) is 2.02. The maximum atomic E-state index is 12.8. The number of ether oxygens (including phenoxy) is 4. The Balaban J connectivity index is 5.77. The molecule has 0 aromatic heterocycles. The van der Waals surface area contributed by atoms with Gasteiger partial charge in [-0.25, -0.2) is 18.9 Å². The van der Waals surface area contributed by atoms with E-state index in [2.05, 4.69) is 0 Å². The predicted molar refractivity (Wildman–Crippen MR) is 46.1 cm³/mol. The van der Waals surface area contributed by atoms with Crippen LogP contribution in [0.25, 0.3) is 0 Å². The Morgan fingerprint density at radius 3 is 0.500 bits per heavy atom. The van der Waals surface area contributed by atoms with Crippen LogP contribution in [-0.4, -0.2) is 49.4 Å². The van der Waals surface area contributed by atoms with E-state index in [1.54, 1.807) is 0 Å². The first-order chi connectivity index (χ1) is 12.6. The summed E-state index contributed by atoms with van der Waals surface area (Å²) >= 11 is 0. The third kappa shape index (κ3) is 7.08. The van der Waals surface area contributed by atoms with Gasteiger partial charge in [0, 0.05) is 0 Å². The highest BCUT2D eigenvalue weighted by Gasteiger charge is 2.77. The van der Waals surface area contributed by atoms with Crippen LogP contribution in [0.3, 0.4) is 0 Å². The molecule has 0 aromatic rings. The largest absolute Gasteiger partial charge is 0.527 e. The molecule has 0 spiro atoms. The number of hydrogen-bond donors (Lipinski definition) is 0. The Labute approximate surface area is 149 Å². The lowest BCUT2D eigenvalue weighted by molar-refractivity contribution is -0.583. The van der Waals surface area contributed by atoms with Gasteiger partial charge < -0.3 is 0 Å². The van der Waals surface area contributed by atoms with Gasteiger partial charge in [0.1, 0.15) is 0 Å². The summed E-state index contributed by atoms with van der Waals surface area (Å²) in [5.74, 6) is 0. The molecule has 0 aliphatic carbocycles. The van der Waals surface area contributed by atoms with E-state index in [4.69, 9.17) is 0 Å². The lowest BCUT2D eigenvalue weighted by Crippen LogP contribution is -2.59. The van der Waals surface area contributed by atoms with E-state index >= 15 is 0 Å². The molecule has 0 saturated heterocycles. The van der Waals surface area contributed by atoms with Crippen molar-refractivity contribution in [1.29, 1.82) is 0 Å². The summed E-state index contributed by atoms with van der Waals surface area (Å²) in [6.07, 6.45) is -58.1. The van der Waals surface area contributed by atoms with Crippen molar-refractivity contribution in [3.63, 3.8) is 0 Å². The number of alkyl halides is 18. The fraction of sp³-hybridized carbons (Fsp3) is 1.00. The lowest BCUT2D eigenvalue weighted by atomic mass is 10.5. The fourth-order valence-electron chi connectivity index (χ4n) is 0.969. The highest BCUT2D eigenvalue weighted by Crippen LogP contribution is 2.51. The van der Waals surface area contributed by atoms with E-state index in [1.807, 2.05) is 0 Å². The van der Waals surface area contributed by atoms with Gasteiger partial charge in [-0.05, 0) is 0 Å². The maximum Gasteiger partial charge on any atom is 0.527 e. The summed E-state index contributed by atoms with van der Waals surface area (Å²) in [6, 6.07) is 0. The van der Waals surface area contributed by atoms with Crippen LogP contribution in [0.1, 0.15) is 0 Å². The van der Waals surface area contributed by atoms with Gasteiger partial charge in [-0.1, -0.05) is 0 Å². The van der Waals surface area contributed by atoms with Crippen molar-refractivity contribution in [1.82, 2.24) is 0 Å². The summed E-state index contributed by atoms with van der Waals surface area (Å²) in [4.78, 5) is 0. The van der Waals surface area contributed by atoms with Gasteiger partial charge in [-0.15, -0.1) is 26.3 Å². The first-order valence-electron chi connectivity index (χ1n) is 5.78. The molecule has 0 aliphatic rings. The van der Waals surface area contributed by atoms with Crippen molar-refractivity contribution >= 4 is 0 Å². The molecular weight excluding hydrogens is 502 g/mol. The number of rotatable bonds is 9. The van der Waals surface area contributed by atoms with Crippen LogP contribution in [0.2, 0.25) is 0 Å². The van der Waals surface area contributed by atoms with Crippen LogP contribution in [0.15, 0.2) is 0 Å². The van der Waals surface area contributed by atoms with E-state index in [0.717, 1.165) is 0 Å². The second-order valence-electron chi connectivity index (χ2n) is 4.40. The Morgan fingerprint density at radius 2 is 0.367 bits per heavy atom. The summed E-state index contributed by atoms with van der Waals surface area (Å²) in [5.41, 5.74) is 0. The van der Waals surface area contributed by atoms with E-state index < -0.39 is 49.4 Å². The molecule has 0 aromatic carbocycles. The minimum absolute atomic E-state index is 1.30. The molecule has 0 unspecified atom stereocenters. The van der Waals surface area contributed by atoms with Gasteiger partial charge >= 0.3 is 49.4 Å². The monoisotopic (exact) mass is 502 g/mol. The molecule has 0 atom stereocenters. The first kappa shape index (κ1) is 28.6. The van der Waals surface area contributed by atoms with Crippen molar-refractivity contribution < 1.29 is 98.0 Å². The molecule has 0 bridgehead atoms. The van der Waals surface area contributed by atoms with Crippen LogP contribution < -0.4 is 0 Å². The average Bonchev–Trinajstić information content (AvgIpc) is 2.28. The second-order valence-corrected chi connectivity index (χ2v) is 4.40. The van der Waals surface area contributed by atoms with Gasteiger partial charge in [0.05, 0.1) is 0 Å². The lowest BCUT2D eigenvalue weighted by Gasteiger charge is -2.34. The van der Waals surface area contributed by atoms with Crippen LogP contribution in [0, 0.1) is 0 Å². The van der Waals surface area contributed by atoms with Gasteiger partial charge in [0.25, 0.3) is 0 Å². The molecule has 0 heterocycles. The topological polar surface area (TPSA) is 36.9 Å². The van der Waals surface area contributed by atoms with Crippen LogP contribution in [0.5, 0.6) is 0 Å². The molecule has 0 fully saturated rings. The van der Waals surface area contributed by atoms with Gasteiger partial charge in [0.15, 0.2) is 0 Å². The molecule has 30 heavy (non-hydrogen) atoms. The molecule has 22 heteroatoms. The van der Waals surface area contributed by atoms with Crippen LogP contribution >= 0.6 is 0 Å². The van der Waals surface area contributed by atoms with E-state index in [1.165, 1.54) is 18.9 Å². The summed E-state index contributed by atoms with van der Waals surface area (Å²) in [6.45, 7) is 0. The predicted octanol–water partition coefficient (Wildman–Crippen LogP) is 5.65. The highest BCUT2D eigenvalue weighted by molar-refractivity contribution is 4.78. The summed E-state index contributed by atoms with van der Waals surface area (Å²) < 4.78 is 226. The first-order valence-corrected chi connectivity index (χ1v) is 5.78.